The van der Waals surface area contributed by atoms with Gasteiger partial charge in [0, 0.05) is 22.3 Å². The minimum absolute atomic E-state index is 0.0667. The second-order valence-corrected chi connectivity index (χ2v) is 6.71. The second kappa shape index (κ2) is 6.13. The van der Waals surface area contributed by atoms with Crippen LogP contribution in [0.3, 0.4) is 0 Å². The summed E-state index contributed by atoms with van der Waals surface area (Å²) in [5.41, 5.74) is 0. The van der Waals surface area contributed by atoms with Crippen molar-refractivity contribution in [2.45, 2.75) is 13.3 Å². The molecule has 0 aromatic rings. The molecule has 0 aromatic heterocycles. The summed E-state index contributed by atoms with van der Waals surface area (Å²) < 4.78 is 33.2. The Morgan fingerprint density at radius 2 is 1.93 bits per heavy atom. The number of hydrogen-bond donors (Lipinski definition) is 1. The van der Waals surface area contributed by atoms with E-state index in [-0.39, 0.29) is 17.3 Å². The highest BCUT2D eigenvalue weighted by Gasteiger charge is 2.13. The molecule has 84 valence electrons. The van der Waals surface area contributed by atoms with Gasteiger partial charge in [-0.25, -0.2) is 8.42 Å². The molecule has 7 heteroatoms. The van der Waals surface area contributed by atoms with E-state index in [1.54, 1.807) is 6.92 Å². The summed E-state index contributed by atoms with van der Waals surface area (Å²) in [6, 6.07) is 0. The van der Waals surface area contributed by atoms with Crippen molar-refractivity contribution >= 4 is 26.6 Å². The van der Waals surface area contributed by atoms with Gasteiger partial charge in [0.1, 0.15) is 5.75 Å². The van der Waals surface area contributed by atoms with Gasteiger partial charge in [-0.15, -0.1) is 0 Å². The highest BCUT2D eigenvalue weighted by molar-refractivity contribution is 7.93. The Hall–Kier alpha value is -0.430. The van der Waals surface area contributed by atoms with Crippen LogP contribution in [0.5, 0.6) is 0 Å². The second-order valence-electron chi connectivity index (χ2n) is 2.83. The molecule has 0 rings (SSSR count). The Morgan fingerprint density at radius 3 is 2.36 bits per heavy atom. The lowest BCUT2D eigenvalue weighted by Gasteiger charge is -2.01. The largest absolute Gasteiger partial charge is 0.481 e. The Morgan fingerprint density at radius 1 is 1.36 bits per heavy atom. The van der Waals surface area contributed by atoms with E-state index in [0.717, 1.165) is 0 Å². The van der Waals surface area contributed by atoms with Crippen LogP contribution >= 0.6 is 0 Å². The number of carboxylic acids is 1. The number of carboxylic acid groups (broad SMARTS) is 1. The Labute approximate surface area is 85.9 Å². The van der Waals surface area contributed by atoms with Gasteiger partial charge in [-0.2, -0.15) is 0 Å². The molecule has 1 atom stereocenters. The van der Waals surface area contributed by atoms with Crippen LogP contribution in [0.1, 0.15) is 13.3 Å². The molecule has 0 amide bonds. The summed E-state index contributed by atoms with van der Waals surface area (Å²) in [7, 11) is -4.73. The van der Waals surface area contributed by atoms with Crippen molar-refractivity contribution in [3.63, 3.8) is 0 Å². The standard InChI is InChI=1S/C7H14O5S2/c1-2-4-14(11,12)5-3-13(10)6-7(8)9/h2-6H2,1H3,(H,8,9). The van der Waals surface area contributed by atoms with Gasteiger partial charge < -0.3 is 5.11 Å². The van der Waals surface area contributed by atoms with Gasteiger partial charge in [0.05, 0.1) is 5.75 Å². The fraction of sp³-hybridized carbons (Fsp3) is 0.857. The molecule has 14 heavy (non-hydrogen) atoms. The molecule has 0 aromatic carbocycles. The molecule has 0 aliphatic rings. The summed E-state index contributed by atoms with van der Waals surface area (Å²) in [5, 5.41) is 8.27. The van der Waals surface area contributed by atoms with Gasteiger partial charge in [-0.1, -0.05) is 6.92 Å². The first-order valence-corrected chi connectivity index (χ1v) is 7.45. The maximum Gasteiger partial charge on any atom is 0.316 e. The Kier molecular flexibility index (Phi) is 5.94. The fourth-order valence-electron chi connectivity index (χ4n) is 0.843. The summed E-state index contributed by atoms with van der Waals surface area (Å²) in [6.07, 6.45) is 0.522. The van der Waals surface area contributed by atoms with Crippen LogP contribution < -0.4 is 0 Å². The summed E-state index contributed by atoms with van der Waals surface area (Å²) >= 11 is 0. The van der Waals surface area contributed by atoms with E-state index >= 15 is 0 Å². The van der Waals surface area contributed by atoms with Crippen LogP contribution in [0.25, 0.3) is 0 Å². The van der Waals surface area contributed by atoms with Crippen LogP contribution in [-0.2, 0) is 25.4 Å². The van der Waals surface area contributed by atoms with Crippen molar-refractivity contribution in [2.75, 3.05) is 23.0 Å². The monoisotopic (exact) mass is 242 g/mol. The van der Waals surface area contributed by atoms with E-state index in [9.17, 15) is 17.4 Å². The number of sulfone groups is 1. The summed E-state index contributed by atoms with van der Waals surface area (Å²) in [6.45, 7) is 1.74. The molecule has 5 nitrogen and oxygen atoms in total. The van der Waals surface area contributed by atoms with Crippen molar-refractivity contribution in [1.82, 2.24) is 0 Å². The third-order valence-electron chi connectivity index (χ3n) is 1.42. The lowest BCUT2D eigenvalue weighted by Crippen LogP contribution is -2.20. The van der Waals surface area contributed by atoms with E-state index in [4.69, 9.17) is 5.11 Å². The first-order valence-electron chi connectivity index (χ1n) is 4.14. The molecular weight excluding hydrogens is 228 g/mol. The summed E-state index contributed by atoms with van der Waals surface area (Å²) in [4.78, 5) is 10.1. The molecule has 0 radical (unpaired) electrons. The van der Waals surface area contributed by atoms with Gasteiger partial charge in [0.2, 0.25) is 0 Å². The summed E-state index contributed by atoms with van der Waals surface area (Å²) in [5.74, 6) is -1.87. The zero-order valence-electron chi connectivity index (χ0n) is 7.93. The zero-order valence-corrected chi connectivity index (χ0v) is 9.57. The molecule has 0 bridgehead atoms. The minimum Gasteiger partial charge on any atom is -0.481 e. The number of hydrogen-bond acceptors (Lipinski definition) is 4. The highest BCUT2D eigenvalue weighted by Crippen LogP contribution is 1.95. The van der Waals surface area contributed by atoms with E-state index in [0.29, 0.717) is 6.42 Å². The van der Waals surface area contributed by atoms with Gasteiger partial charge in [0.15, 0.2) is 9.84 Å². The molecule has 0 saturated carbocycles. The van der Waals surface area contributed by atoms with Crippen LogP contribution in [-0.4, -0.2) is 46.7 Å². The fourth-order valence-corrected chi connectivity index (χ4v) is 3.85. The number of aliphatic carboxylic acids is 1. The first kappa shape index (κ1) is 13.6. The quantitative estimate of drug-likeness (QED) is 0.659. The van der Waals surface area contributed by atoms with E-state index in [1.807, 2.05) is 0 Å². The van der Waals surface area contributed by atoms with Crippen LogP contribution in [0.4, 0.5) is 0 Å². The molecule has 0 aliphatic heterocycles. The molecular formula is C7H14O5S2. The molecule has 1 unspecified atom stereocenters. The molecule has 0 spiro atoms. The van der Waals surface area contributed by atoms with Crippen LogP contribution in [0.2, 0.25) is 0 Å². The van der Waals surface area contributed by atoms with Gasteiger partial charge in [0.25, 0.3) is 0 Å². The normalized spacial score (nSPS) is 13.8. The van der Waals surface area contributed by atoms with E-state index in [1.165, 1.54) is 0 Å². The topological polar surface area (TPSA) is 88.5 Å². The molecule has 0 aliphatic carbocycles. The van der Waals surface area contributed by atoms with E-state index < -0.39 is 32.4 Å². The van der Waals surface area contributed by atoms with Crippen LogP contribution in [0.15, 0.2) is 0 Å². The lowest BCUT2D eigenvalue weighted by atomic mass is 10.6. The van der Waals surface area contributed by atoms with Gasteiger partial charge >= 0.3 is 5.97 Å². The van der Waals surface area contributed by atoms with Gasteiger partial charge in [-0.3, -0.25) is 9.00 Å². The highest BCUT2D eigenvalue weighted by atomic mass is 32.2. The zero-order chi connectivity index (χ0) is 11.2. The number of carbonyl (C=O) groups is 1. The van der Waals surface area contributed by atoms with Crippen molar-refractivity contribution in [2.24, 2.45) is 0 Å². The maximum atomic E-state index is 11.1. The van der Waals surface area contributed by atoms with Crippen molar-refractivity contribution < 1.29 is 22.5 Å². The van der Waals surface area contributed by atoms with Crippen LogP contribution in [0, 0.1) is 0 Å². The SMILES string of the molecule is CCCS(=O)(=O)CCS(=O)CC(=O)O. The Bertz CT molecular complexity index is 306. The maximum absolute atomic E-state index is 11.1. The molecule has 0 heterocycles. The predicted molar refractivity (Wildman–Crippen MR) is 54.5 cm³/mol. The molecule has 0 fully saturated rings. The average Bonchev–Trinajstić information content (AvgIpc) is 2.00. The van der Waals surface area contributed by atoms with E-state index in [2.05, 4.69) is 0 Å². The van der Waals surface area contributed by atoms with Crippen molar-refractivity contribution in [1.29, 1.82) is 0 Å². The lowest BCUT2D eigenvalue weighted by molar-refractivity contribution is -0.133. The van der Waals surface area contributed by atoms with Crippen molar-refractivity contribution in [3.8, 4) is 0 Å². The number of rotatable bonds is 7. The minimum atomic E-state index is -3.15. The molecule has 1 N–H and O–H groups in total. The smallest absolute Gasteiger partial charge is 0.316 e. The van der Waals surface area contributed by atoms with Gasteiger partial charge in [-0.05, 0) is 6.42 Å². The first-order chi connectivity index (χ1) is 6.37. The third-order valence-corrected chi connectivity index (χ3v) is 4.76. The predicted octanol–water partition coefficient (Wildman–Crippen LogP) is -0.355. The van der Waals surface area contributed by atoms with Crippen molar-refractivity contribution in [3.05, 3.63) is 0 Å². The Balaban J connectivity index is 3.94. The average molecular weight is 242 g/mol. The third kappa shape index (κ3) is 7.02. The molecule has 0 saturated heterocycles.